The molecule has 0 spiro atoms. The molecule has 1 heterocycles. The number of sulfone groups is 1. The Kier molecular flexibility index (Phi) is 1.89. The Morgan fingerprint density at radius 3 is 2.69 bits per heavy atom. The number of fused-ring (bicyclic) bond motifs is 1. The number of rotatable bonds is 0. The van der Waals surface area contributed by atoms with Crippen molar-refractivity contribution in [3.05, 3.63) is 29.8 Å². The second-order valence-corrected chi connectivity index (χ2v) is 5.24. The second kappa shape index (κ2) is 2.82. The van der Waals surface area contributed by atoms with Crippen LogP contribution < -0.4 is 0 Å². The molecule has 0 bridgehead atoms. The van der Waals surface area contributed by atoms with E-state index in [1.807, 2.05) is 0 Å². The van der Waals surface area contributed by atoms with E-state index in [9.17, 15) is 13.5 Å². The van der Waals surface area contributed by atoms with Crippen LogP contribution in [0.15, 0.2) is 29.2 Å². The van der Waals surface area contributed by atoms with E-state index < -0.39 is 15.9 Å². The van der Waals surface area contributed by atoms with Gasteiger partial charge in [0.15, 0.2) is 9.84 Å². The highest BCUT2D eigenvalue weighted by Crippen LogP contribution is 2.31. The lowest BCUT2D eigenvalue weighted by molar-refractivity contribution is 0.168. The fourth-order valence-electron chi connectivity index (χ4n) is 1.57. The zero-order chi connectivity index (χ0) is 9.47. The summed E-state index contributed by atoms with van der Waals surface area (Å²) in [5, 5.41) is 9.53. The van der Waals surface area contributed by atoms with Crippen molar-refractivity contribution in [1.29, 1.82) is 0 Å². The largest absolute Gasteiger partial charge is 0.388 e. The first-order valence-corrected chi connectivity index (χ1v) is 5.76. The number of hydrogen-bond donors (Lipinski definition) is 1. The third-order valence-corrected chi connectivity index (χ3v) is 4.09. The summed E-state index contributed by atoms with van der Waals surface area (Å²) in [5.74, 6) is 0.0468. The van der Waals surface area contributed by atoms with E-state index in [-0.39, 0.29) is 10.6 Å². The van der Waals surface area contributed by atoms with Crippen LogP contribution in [0.3, 0.4) is 0 Å². The highest BCUT2D eigenvalue weighted by molar-refractivity contribution is 7.91. The Hall–Kier alpha value is -0.870. The minimum Gasteiger partial charge on any atom is -0.388 e. The molecule has 0 radical (unpaired) electrons. The first kappa shape index (κ1) is 8.72. The van der Waals surface area contributed by atoms with Gasteiger partial charge >= 0.3 is 0 Å². The molecule has 0 saturated heterocycles. The smallest absolute Gasteiger partial charge is 0.178 e. The summed E-state index contributed by atoms with van der Waals surface area (Å²) in [6.07, 6.45) is -0.320. The average molecular weight is 198 g/mol. The van der Waals surface area contributed by atoms with Gasteiger partial charge in [0.05, 0.1) is 16.8 Å². The molecule has 1 atom stereocenters. The molecule has 1 aromatic rings. The van der Waals surface area contributed by atoms with Gasteiger partial charge in [-0.05, 0) is 18.1 Å². The van der Waals surface area contributed by atoms with Crippen molar-refractivity contribution in [2.24, 2.45) is 0 Å². The van der Waals surface area contributed by atoms with Gasteiger partial charge in [-0.15, -0.1) is 0 Å². The molecule has 0 fully saturated rings. The topological polar surface area (TPSA) is 54.4 Å². The summed E-state index contributed by atoms with van der Waals surface area (Å²) in [4.78, 5) is 0.286. The van der Waals surface area contributed by atoms with Crippen LogP contribution in [-0.2, 0) is 9.84 Å². The highest BCUT2D eigenvalue weighted by Gasteiger charge is 2.28. The summed E-state index contributed by atoms with van der Waals surface area (Å²) in [6.45, 7) is 0. The van der Waals surface area contributed by atoms with E-state index in [1.54, 1.807) is 24.3 Å². The number of benzene rings is 1. The zero-order valence-corrected chi connectivity index (χ0v) is 7.79. The summed E-state index contributed by atoms with van der Waals surface area (Å²) < 4.78 is 23.0. The van der Waals surface area contributed by atoms with E-state index in [1.165, 1.54) is 0 Å². The van der Waals surface area contributed by atoms with Crippen molar-refractivity contribution in [2.75, 3.05) is 5.75 Å². The average Bonchev–Trinajstić information content (AvgIpc) is 2.13. The fourth-order valence-corrected chi connectivity index (χ4v) is 3.17. The molecule has 4 heteroatoms. The number of aliphatic hydroxyl groups excluding tert-OH is 1. The van der Waals surface area contributed by atoms with E-state index >= 15 is 0 Å². The maximum absolute atomic E-state index is 11.5. The molecule has 2 rings (SSSR count). The molecule has 70 valence electrons. The summed E-state index contributed by atoms with van der Waals surface area (Å²) in [7, 11) is -3.13. The lowest BCUT2D eigenvalue weighted by atomic mass is 10.1. The Morgan fingerprint density at radius 1 is 1.31 bits per heavy atom. The summed E-state index contributed by atoms with van der Waals surface area (Å²) >= 11 is 0. The first-order valence-electron chi connectivity index (χ1n) is 4.11. The molecule has 1 aliphatic rings. The predicted octanol–water partition coefficient (Wildman–Crippen LogP) is 0.897. The first-order chi connectivity index (χ1) is 6.11. The van der Waals surface area contributed by atoms with Crippen molar-refractivity contribution in [2.45, 2.75) is 17.4 Å². The zero-order valence-electron chi connectivity index (χ0n) is 6.97. The Labute approximate surface area is 76.9 Å². The van der Waals surface area contributed by atoms with Crippen LogP contribution in [0.4, 0.5) is 0 Å². The van der Waals surface area contributed by atoms with Crippen molar-refractivity contribution in [3.8, 4) is 0 Å². The minimum absolute atomic E-state index is 0.0468. The van der Waals surface area contributed by atoms with Crippen LogP contribution in [0.1, 0.15) is 18.1 Å². The van der Waals surface area contributed by atoms with Gasteiger partial charge in [0.2, 0.25) is 0 Å². The molecular formula is C9H10O3S. The van der Waals surface area contributed by atoms with Crippen molar-refractivity contribution in [3.63, 3.8) is 0 Å². The normalized spacial score (nSPS) is 25.2. The summed E-state index contributed by atoms with van der Waals surface area (Å²) in [5.41, 5.74) is 0.536. The third kappa shape index (κ3) is 1.36. The molecule has 0 amide bonds. The van der Waals surface area contributed by atoms with Crippen molar-refractivity contribution < 1.29 is 13.5 Å². The van der Waals surface area contributed by atoms with Gasteiger partial charge in [-0.1, -0.05) is 18.2 Å². The molecule has 0 saturated carbocycles. The van der Waals surface area contributed by atoms with Crippen LogP contribution in [-0.4, -0.2) is 19.3 Å². The maximum Gasteiger partial charge on any atom is 0.178 e. The van der Waals surface area contributed by atoms with Crippen molar-refractivity contribution >= 4 is 9.84 Å². The molecule has 0 aromatic heterocycles. The third-order valence-electron chi connectivity index (χ3n) is 2.27. The molecule has 13 heavy (non-hydrogen) atoms. The van der Waals surface area contributed by atoms with Gasteiger partial charge < -0.3 is 5.11 Å². The lowest BCUT2D eigenvalue weighted by Gasteiger charge is -2.20. The Morgan fingerprint density at radius 2 is 2.00 bits per heavy atom. The molecule has 1 aromatic carbocycles. The van der Waals surface area contributed by atoms with Gasteiger partial charge in [-0.2, -0.15) is 0 Å². The Bertz CT molecular complexity index is 422. The van der Waals surface area contributed by atoms with Gasteiger partial charge in [0, 0.05) is 0 Å². The Balaban J connectivity index is 2.68. The van der Waals surface area contributed by atoms with E-state index in [4.69, 9.17) is 0 Å². The van der Waals surface area contributed by atoms with Crippen LogP contribution in [0.5, 0.6) is 0 Å². The molecule has 3 nitrogen and oxygen atoms in total. The molecule has 1 N–H and O–H groups in total. The number of aliphatic hydroxyl groups is 1. The van der Waals surface area contributed by atoms with Gasteiger partial charge in [0.25, 0.3) is 0 Å². The molecule has 1 aliphatic heterocycles. The second-order valence-electron chi connectivity index (χ2n) is 3.16. The molecule has 0 unspecified atom stereocenters. The molecular weight excluding hydrogens is 188 g/mol. The lowest BCUT2D eigenvalue weighted by Crippen LogP contribution is -2.19. The van der Waals surface area contributed by atoms with Gasteiger partial charge in [-0.25, -0.2) is 8.42 Å². The van der Waals surface area contributed by atoms with E-state index in [2.05, 4.69) is 0 Å². The van der Waals surface area contributed by atoms with Crippen LogP contribution in [0.25, 0.3) is 0 Å². The number of hydrogen-bond acceptors (Lipinski definition) is 3. The van der Waals surface area contributed by atoms with Crippen LogP contribution >= 0.6 is 0 Å². The fraction of sp³-hybridized carbons (Fsp3) is 0.333. The van der Waals surface area contributed by atoms with Crippen LogP contribution in [0, 0.1) is 0 Å². The molecule has 0 aliphatic carbocycles. The van der Waals surface area contributed by atoms with Crippen LogP contribution in [0.2, 0.25) is 0 Å². The maximum atomic E-state index is 11.5. The van der Waals surface area contributed by atoms with E-state index in [0.717, 1.165) is 0 Å². The monoisotopic (exact) mass is 198 g/mol. The minimum atomic E-state index is -3.13. The van der Waals surface area contributed by atoms with Gasteiger partial charge in [-0.3, -0.25) is 0 Å². The quantitative estimate of drug-likeness (QED) is 0.673. The van der Waals surface area contributed by atoms with E-state index in [0.29, 0.717) is 12.0 Å². The highest BCUT2D eigenvalue weighted by atomic mass is 32.2. The van der Waals surface area contributed by atoms with Gasteiger partial charge in [0.1, 0.15) is 0 Å². The summed E-state index contributed by atoms with van der Waals surface area (Å²) in [6, 6.07) is 6.63. The van der Waals surface area contributed by atoms with Crippen molar-refractivity contribution in [1.82, 2.24) is 0 Å². The standard InChI is InChI=1S/C9H10O3S/c10-8-5-6-13(11,12)9-4-2-1-3-7(8)9/h1-4,8,10H,5-6H2/t8-/m1/s1. The SMILES string of the molecule is O=S1(=O)CC[C@@H](O)c2ccccc21. The predicted molar refractivity (Wildman–Crippen MR) is 48.1 cm³/mol.